The van der Waals surface area contributed by atoms with Crippen LogP contribution in [0.25, 0.3) is 10.9 Å². The number of para-hydroxylation sites is 1. The molecule has 1 spiro atoms. The Bertz CT molecular complexity index is 1040. The highest BCUT2D eigenvalue weighted by Crippen LogP contribution is 2.42. The Labute approximate surface area is 170 Å². The van der Waals surface area contributed by atoms with Crippen molar-refractivity contribution >= 4 is 22.6 Å². The van der Waals surface area contributed by atoms with Gasteiger partial charge in [0.2, 0.25) is 0 Å². The number of rotatable bonds is 2. The maximum atomic E-state index is 12.9. The van der Waals surface area contributed by atoms with E-state index >= 15 is 0 Å². The molecule has 1 aromatic carbocycles. The standard InChI is InChI=1S/C23H26N4O2/c1-17-8-9-20(29-17)22(28)26-13-4-10-23(12-15-26)11-5-14-27(23)21-18-6-2-3-7-19(18)24-16-25-21/h2-3,6-9,16H,4-5,10-15H2,1H3. The fourth-order valence-corrected chi connectivity index (χ4v) is 5.08. The summed E-state index contributed by atoms with van der Waals surface area (Å²) in [6, 6.07) is 11.9. The Morgan fingerprint density at radius 3 is 2.66 bits per heavy atom. The lowest BCUT2D eigenvalue weighted by molar-refractivity contribution is 0.0726. The average molecular weight is 390 g/mol. The van der Waals surface area contributed by atoms with Crippen molar-refractivity contribution in [2.75, 3.05) is 24.5 Å². The van der Waals surface area contributed by atoms with Crippen molar-refractivity contribution in [3.8, 4) is 0 Å². The van der Waals surface area contributed by atoms with Gasteiger partial charge in [-0.05, 0) is 63.3 Å². The lowest BCUT2D eigenvalue weighted by Crippen LogP contribution is -2.45. The minimum Gasteiger partial charge on any atom is -0.456 e. The molecule has 1 unspecified atom stereocenters. The number of fused-ring (bicyclic) bond motifs is 1. The zero-order chi connectivity index (χ0) is 19.8. The van der Waals surface area contributed by atoms with Gasteiger partial charge in [-0.15, -0.1) is 0 Å². The minimum atomic E-state index is 0.00665. The first-order valence-corrected chi connectivity index (χ1v) is 10.5. The van der Waals surface area contributed by atoms with Crippen LogP contribution in [0.1, 0.15) is 48.4 Å². The van der Waals surface area contributed by atoms with E-state index < -0.39 is 0 Å². The van der Waals surface area contributed by atoms with Crippen molar-refractivity contribution < 1.29 is 9.21 Å². The molecule has 4 heterocycles. The van der Waals surface area contributed by atoms with Gasteiger partial charge < -0.3 is 14.2 Å². The number of likely N-dealkylation sites (tertiary alicyclic amines) is 1. The Hall–Kier alpha value is -2.89. The molecular weight excluding hydrogens is 364 g/mol. The Morgan fingerprint density at radius 1 is 1.00 bits per heavy atom. The number of hydrogen-bond donors (Lipinski definition) is 0. The molecule has 0 radical (unpaired) electrons. The Balaban J connectivity index is 1.42. The van der Waals surface area contributed by atoms with E-state index in [0.717, 1.165) is 74.2 Å². The first-order chi connectivity index (χ1) is 14.2. The summed E-state index contributed by atoms with van der Waals surface area (Å²) in [5.74, 6) is 2.27. The molecule has 29 heavy (non-hydrogen) atoms. The maximum Gasteiger partial charge on any atom is 0.289 e. The van der Waals surface area contributed by atoms with E-state index in [1.165, 1.54) is 0 Å². The molecular formula is C23H26N4O2. The van der Waals surface area contributed by atoms with Crippen LogP contribution in [0, 0.1) is 6.92 Å². The third kappa shape index (κ3) is 3.16. The van der Waals surface area contributed by atoms with E-state index in [-0.39, 0.29) is 11.4 Å². The molecule has 150 valence electrons. The molecule has 6 heteroatoms. The molecule has 2 aliphatic heterocycles. The van der Waals surface area contributed by atoms with Crippen LogP contribution in [-0.2, 0) is 0 Å². The third-order valence-electron chi connectivity index (χ3n) is 6.53. The highest BCUT2D eigenvalue weighted by Gasteiger charge is 2.43. The molecule has 1 amide bonds. The van der Waals surface area contributed by atoms with Gasteiger partial charge in [-0.25, -0.2) is 9.97 Å². The molecule has 2 saturated heterocycles. The molecule has 0 aliphatic carbocycles. The van der Waals surface area contributed by atoms with Crippen molar-refractivity contribution in [3.63, 3.8) is 0 Å². The SMILES string of the molecule is Cc1ccc(C(=O)N2CCCC3(CCCN3c3ncnc4ccccc34)CC2)o1. The number of anilines is 1. The fraction of sp³-hybridized carbons (Fsp3) is 0.435. The third-order valence-corrected chi connectivity index (χ3v) is 6.53. The number of amides is 1. The second-order valence-corrected chi connectivity index (χ2v) is 8.25. The van der Waals surface area contributed by atoms with Crippen molar-refractivity contribution in [2.24, 2.45) is 0 Å². The number of carbonyl (C=O) groups is 1. The second-order valence-electron chi connectivity index (χ2n) is 8.25. The average Bonchev–Trinajstić information content (AvgIpc) is 3.29. The van der Waals surface area contributed by atoms with E-state index in [0.29, 0.717) is 5.76 Å². The highest BCUT2D eigenvalue weighted by molar-refractivity contribution is 5.92. The molecule has 2 aromatic heterocycles. The van der Waals surface area contributed by atoms with Gasteiger partial charge in [0.05, 0.1) is 5.52 Å². The van der Waals surface area contributed by atoms with Gasteiger partial charge in [0.15, 0.2) is 5.76 Å². The molecule has 0 saturated carbocycles. The van der Waals surface area contributed by atoms with E-state index in [2.05, 4.69) is 22.0 Å². The molecule has 5 rings (SSSR count). The van der Waals surface area contributed by atoms with E-state index in [1.807, 2.05) is 30.0 Å². The molecule has 0 bridgehead atoms. The van der Waals surface area contributed by atoms with Gasteiger partial charge in [0.25, 0.3) is 5.91 Å². The van der Waals surface area contributed by atoms with Crippen molar-refractivity contribution in [3.05, 3.63) is 54.2 Å². The van der Waals surface area contributed by atoms with Crippen LogP contribution >= 0.6 is 0 Å². The molecule has 2 fully saturated rings. The van der Waals surface area contributed by atoms with Crippen LogP contribution < -0.4 is 4.90 Å². The number of furan rings is 1. The van der Waals surface area contributed by atoms with Crippen LogP contribution in [0.3, 0.4) is 0 Å². The summed E-state index contributed by atoms with van der Waals surface area (Å²) in [4.78, 5) is 26.5. The summed E-state index contributed by atoms with van der Waals surface area (Å²) in [7, 11) is 0. The van der Waals surface area contributed by atoms with Gasteiger partial charge in [0.1, 0.15) is 17.9 Å². The number of nitrogens with zero attached hydrogens (tertiary/aromatic N) is 4. The number of carbonyl (C=O) groups excluding carboxylic acids is 1. The van der Waals surface area contributed by atoms with Gasteiger partial charge in [-0.3, -0.25) is 4.79 Å². The Kier molecular flexibility index (Phi) is 4.49. The predicted molar refractivity (Wildman–Crippen MR) is 112 cm³/mol. The number of aromatic nitrogens is 2. The van der Waals surface area contributed by atoms with Gasteiger partial charge >= 0.3 is 0 Å². The van der Waals surface area contributed by atoms with Crippen LogP contribution in [0.2, 0.25) is 0 Å². The molecule has 3 aromatic rings. The smallest absolute Gasteiger partial charge is 0.289 e. The summed E-state index contributed by atoms with van der Waals surface area (Å²) in [6.07, 6.45) is 7.00. The second kappa shape index (κ2) is 7.17. The van der Waals surface area contributed by atoms with E-state index in [1.54, 1.807) is 12.4 Å². The summed E-state index contributed by atoms with van der Waals surface area (Å²) in [5, 5.41) is 1.11. The summed E-state index contributed by atoms with van der Waals surface area (Å²) < 4.78 is 5.58. The largest absolute Gasteiger partial charge is 0.456 e. The van der Waals surface area contributed by atoms with Crippen molar-refractivity contribution in [1.82, 2.24) is 14.9 Å². The molecule has 2 aliphatic rings. The molecule has 1 atom stereocenters. The fourth-order valence-electron chi connectivity index (χ4n) is 5.08. The van der Waals surface area contributed by atoms with Gasteiger partial charge in [0, 0.05) is 30.6 Å². The summed E-state index contributed by atoms with van der Waals surface area (Å²) >= 11 is 0. The number of hydrogen-bond acceptors (Lipinski definition) is 5. The van der Waals surface area contributed by atoms with Crippen LogP contribution in [-0.4, -0.2) is 45.9 Å². The highest BCUT2D eigenvalue weighted by atomic mass is 16.3. The molecule has 0 N–H and O–H groups in total. The van der Waals surface area contributed by atoms with Crippen LogP contribution in [0.5, 0.6) is 0 Å². The van der Waals surface area contributed by atoms with E-state index in [4.69, 9.17) is 9.40 Å². The zero-order valence-electron chi connectivity index (χ0n) is 16.8. The monoisotopic (exact) mass is 390 g/mol. The lowest BCUT2D eigenvalue weighted by Gasteiger charge is -2.39. The maximum absolute atomic E-state index is 12.9. The minimum absolute atomic E-state index is 0.00665. The number of aryl methyl sites for hydroxylation is 1. The van der Waals surface area contributed by atoms with Crippen molar-refractivity contribution in [2.45, 2.75) is 44.6 Å². The van der Waals surface area contributed by atoms with Gasteiger partial charge in [-0.1, -0.05) is 12.1 Å². The van der Waals surface area contributed by atoms with Crippen LogP contribution in [0.15, 0.2) is 47.1 Å². The summed E-state index contributed by atoms with van der Waals surface area (Å²) in [5.41, 5.74) is 1.05. The number of benzene rings is 1. The zero-order valence-corrected chi connectivity index (χ0v) is 16.8. The normalized spacial score (nSPS) is 22.4. The molecule has 6 nitrogen and oxygen atoms in total. The van der Waals surface area contributed by atoms with Gasteiger partial charge in [-0.2, -0.15) is 0 Å². The van der Waals surface area contributed by atoms with E-state index in [9.17, 15) is 4.79 Å². The predicted octanol–water partition coefficient (Wildman–Crippen LogP) is 4.20. The Morgan fingerprint density at radius 2 is 1.83 bits per heavy atom. The topological polar surface area (TPSA) is 62.5 Å². The summed E-state index contributed by atoms with van der Waals surface area (Å²) in [6.45, 7) is 4.40. The van der Waals surface area contributed by atoms with Crippen LogP contribution in [0.4, 0.5) is 5.82 Å². The first-order valence-electron chi connectivity index (χ1n) is 10.5. The quantitative estimate of drug-likeness (QED) is 0.656. The first kappa shape index (κ1) is 18.2. The lowest BCUT2D eigenvalue weighted by atomic mass is 9.87. The van der Waals surface area contributed by atoms with Crippen molar-refractivity contribution in [1.29, 1.82) is 0 Å².